The minimum absolute atomic E-state index is 0.118. The molecule has 0 spiro atoms. The summed E-state index contributed by atoms with van der Waals surface area (Å²) < 4.78 is 0. The number of benzene rings is 1. The smallest absolute Gasteiger partial charge is 0.253 e. The van der Waals surface area contributed by atoms with Crippen molar-refractivity contribution in [2.45, 2.75) is 11.8 Å². The predicted octanol–water partition coefficient (Wildman–Crippen LogP) is 2.05. The van der Waals surface area contributed by atoms with Crippen molar-refractivity contribution in [1.82, 2.24) is 0 Å². The molecule has 0 bridgehead atoms. The second-order valence-electron chi connectivity index (χ2n) is 4.03. The minimum Gasteiger partial charge on any atom is -0.365 e. The summed E-state index contributed by atoms with van der Waals surface area (Å²) in [5, 5.41) is 1.87. The highest BCUT2D eigenvalue weighted by molar-refractivity contribution is 8.02. The van der Waals surface area contributed by atoms with Crippen LogP contribution in [0.4, 0.5) is 0 Å². The molecule has 0 saturated carbocycles. The first-order valence-corrected chi connectivity index (χ1v) is 6.05. The summed E-state index contributed by atoms with van der Waals surface area (Å²) in [7, 11) is 0. The number of primary amides is 1. The van der Waals surface area contributed by atoms with Crippen LogP contribution in [0.15, 0.2) is 34.1 Å². The molecule has 2 N–H and O–H groups in total. The van der Waals surface area contributed by atoms with Gasteiger partial charge in [0.25, 0.3) is 5.91 Å². The molecular formula is C13H9NO2S. The van der Waals surface area contributed by atoms with E-state index in [2.05, 4.69) is 0 Å². The van der Waals surface area contributed by atoms with Crippen molar-refractivity contribution in [3.05, 3.63) is 45.9 Å². The fraction of sp³-hybridized carbons (Fsp3) is 0.0769. The number of hydrogen-bond acceptors (Lipinski definition) is 3. The summed E-state index contributed by atoms with van der Waals surface area (Å²) in [6.07, 6.45) is 1.79. The maximum Gasteiger partial charge on any atom is 0.253 e. The van der Waals surface area contributed by atoms with Crippen LogP contribution in [-0.2, 0) is 4.79 Å². The molecule has 3 nitrogen and oxygen atoms in total. The summed E-state index contributed by atoms with van der Waals surface area (Å²) in [5.41, 5.74) is 8.48. The Hall–Kier alpha value is -1.81. The standard InChI is InChI=1S/C13H9NO2S/c1-6-2-3-8-10-7(4-5-17-8)11(13(14)16)12(15)9(6)10/h2-5H,1H3,(H2,14,16). The second-order valence-corrected chi connectivity index (χ2v) is 4.98. The van der Waals surface area contributed by atoms with Crippen molar-refractivity contribution in [3.8, 4) is 0 Å². The molecule has 0 atom stereocenters. The number of amides is 1. The average molecular weight is 243 g/mol. The van der Waals surface area contributed by atoms with Crippen molar-refractivity contribution in [2.24, 2.45) is 5.73 Å². The van der Waals surface area contributed by atoms with E-state index >= 15 is 0 Å². The number of ketones is 1. The highest BCUT2D eigenvalue weighted by atomic mass is 32.2. The zero-order chi connectivity index (χ0) is 12.2. The Kier molecular flexibility index (Phi) is 2.03. The fourth-order valence-electron chi connectivity index (χ4n) is 2.30. The summed E-state index contributed by atoms with van der Waals surface area (Å²) in [6.45, 7) is 1.87. The van der Waals surface area contributed by atoms with Crippen LogP contribution in [0.2, 0.25) is 0 Å². The lowest BCUT2D eigenvalue weighted by atomic mass is 10.0. The van der Waals surface area contributed by atoms with Gasteiger partial charge in [-0.2, -0.15) is 0 Å². The van der Waals surface area contributed by atoms with Gasteiger partial charge in [-0.05, 0) is 30.0 Å². The van der Waals surface area contributed by atoms with Crippen LogP contribution >= 0.6 is 11.8 Å². The maximum absolute atomic E-state index is 12.2. The van der Waals surface area contributed by atoms with Crippen molar-refractivity contribution in [2.75, 3.05) is 0 Å². The number of aryl methyl sites for hydroxylation is 1. The van der Waals surface area contributed by atoms with Gasteiger partial charge >= 0.3 is 0 Å². The van der Waals surface area contributed by atoms with E-state index in [0.717, 1.165) is 16.0 Å². The number of allylic oxidation sites excluding steroid dienone is 2. The number of Topliss-reactive ketones (excluding diaryl/α,β-unsaturated/α-hetero) is 1. The van der Waals surface area contributed by atoms with Crippen LogP contribution in [0.25, 0.3) is 5.57 Å². The molecule has 0 saturated heterocycles. The topological polar surface area (TPSA) is 60.2 Å². The van der Waals surface area contributed by atoms with Crippen molar-refractivity contribution in [1.29, 1.82) is 0 Å². The van der Waals surface area contributed by atoms with Crippen LogP contribution < -0.4 is 5.73 Å². The molecule has 0 unspecified atom stereocenters. The molecule has 0 aromatic heterocycles. The van der Waals surface area contributed by atoms with Crippen LogP contribution in [0, 0.1) is 6.92 Å². The Morgan fingerprint density at radius 2 is 2.06 bits per heavy atom. The van der Waals surface area contributed by atoms with Gasteiger partial charge in [-0.1, -0.05) is 17.8 Å². The summed E-state index contributed by atoms with van der Waals surface area (Å²) in [6, 6.07) is 3.87. The van der Waals surface area contributed by atoms with Gasteiger partial charge in [0.05, 0.1) is 5.57 Å². The van der Waals surface area contributed by atoms with Crippen molar-refractivity contribution >= 4 is 29.0 Å². The molecule has 17 heavy (non-hydrogen) atoms. The van der Waals surface area contributed by atoms with Gasteiger partial charge in [0, 0.05) is 21.6 Å². The number of carbonyl (C=O) groups excluding carboxylic acids is 2. The third-order valence-electron chi connectivity index (χ3n) is 3.04. The lowest BCUT2D eigenvalue weighted by Crippen LogP contribution is -2.19. The largest absolute Gasteiger partial charge is 0.365 e. The lowest BCUT2D eigenvalue weighted by Gasteiger charge is -2.12. The van der Waals surface area contributed by atoms with E-state index in [-0.39, 0.29) is 11.4 Å². The first kappa shape index (κ1) is 10.4. The minimum atomic E-state index is -0.650. The van der Waals surface area contributed by atoms with E-state index in [1.54, 1.807) is 17.8 Å². The first-order chi connectivity index (χ1) is 8.11. The number of hydrogen-bond donors (Lipinski definition) is 1. The van der Waals surface area contributed by atoms with Crippen LogP contribution in [0.5, 0.6) is 0 Å². The Balaban J connectivity index is 2.42. The molecule has 1 aliphatic carbocycles. The number of nitrogens with two attached hydrogens (primary N) is 1. The Bertz CT molecular complexity index is 641. The van der Waals surface area contributed by atoms with Gasteiger partial charge in [0.15, 0.2) is 5.78 Å². The molecule has 1 amide bonds. The van der Waals surface area contributed by atoms with Gasteiger partial charge < -0.3 is 5.73 Å². The third kappa shape index (κ3) is 1.24. The summed E-state index contributed by atoms with van der Waals surface area (Å²) >= 11 is 1.55. The molecule has 2 aliphatic rings. The highest BCUT2D eigenvalue weighted by Gasteiger charge is 2.35. The average Bonchev–Trinajstić information content (AvgIpc) is 2.58. The molecule has 1 aromatic carbocycles. The van der Waals surface area contributed by atoms with Gasteiger partial charge in [-0.3, -0.25) is 9.59 Å². The van der Waals surface area contributed by atoms with E-state index in [1.165, 1.54) is 0 Å². The zero-order valence-corrected chi connectivity index (χ0v) is 9.93. The number of thioether (sulfide) groups is 1. The molecule has 0 fully saturated rings. The van der Waals surface area contributed by atoms with Gasteiger partial charge in [0.1, 0.15) is 0 Å². The van der Waals surface area contributed by atoms with Crippen LogP contribution in [0.1, 0.15) is 21.5 Å². The third-order valence-corrected chi connectivity index (χ3v) is 3.91. The summed E-state index contributed by atoms with van der Waals surface area (Å²) in [4.78, 5) is 24.6. The van der Waals surface area contributed by atoms with E-state index in [1.807, 2.05) is 24.5 Å². The molecule has 1 aromatic rings. The first-order valence-electron chi connectivity index (χ1n) is 5.17. The maximum atomic E-state index is 12.2. The highest BCUT2D eigenvalue weighted by Crippen LogP contribution is 2.44. The fourth-order valence-corrected chi connectivity index (χ4v) is 3.13. The number of rotatable bonds is 1. The van der Waals surface area contributed by atoms with E-state index in [0.29, 0.717) is 11.1 Å². The van der Waals surface area contributed by atoms with Crippen LogP contribution in [-0.4, -0.2) is 11.7 Å². The van der Waals surface area contributed by atoms with Gasteiger partial charge in [0.2, 0.25) is 0 Å². The van der Waals surface area contributed by atoms with E-state index < -0.39 is 5.91 Å². The predicted molar refractivity (Wildman–Crippen MR) is 66.6 cm³/mol. The molecule has 3 rings (SSSR count). The lowest BCUT2D eigenvalue weighted by molar-refractivity contribution is -0.114. The Labute approximate surface area is 102 Å². The monoisotopic (exact) mass is 243 g/mol. The zero-order valence-electron chi connectivity index (χ0n) is 9.11. The van der Waals surface area contributed by atoms with Crippen molar-refractivity contribution < 1.29 is 9.59 Å². The van der Waals surface area contributed by atoms with E-state index in [4.69, 9.17) is 5.73 Å². The molecule has 84 valence electrons. The molecular weight excluding hydrogens is 234 g/mol. The second kappa shape index (κ2) is 3.34. The molecule has 0 radical (unpaired) electrons. The molecule has 1 heterocycles. The van der Waals surface area contributed by atoms with E-state index in [9.17, 15) is 9.59 Å². The SMILES string of the molecule is Cc1ccc2c3c1C(=O)C(C(N)=O)=C3C=CS2. The molecule has 4 heteroatoms. The Morgan fingerprint density at radius 1 is 1.29 bits per heavy atom. The van der Waals surface area contributed by atoms with Gasteiger partial charge in [-0.25, -0.2) is 0 Å². The normalized spacial score (nSPS) is 16.4. The van der Waals surface area contributed by atoms with Crippen LogP contribution in [0.3, 0.4) is 0 Å². The summed E-state index contributed by atoms with van der Waals surface area (Å²) in [5.74, 6) is -0.892. The Morgan fingerprint density at radius 3 is 2.76 bits per heavy atom. The molecule has 1 aliphatic heterocycles. The van der Waals surface area contributed by atoms with Crippen molar-refractivity contribution in [3.63, 3.8) is 0 Å². The van der Waals surface area contributed by atoms with Gasteiger partial charge in [-0.15, -0.1) is 0 Å². The number of carbonyl (C=O) groups is 2. The quantitative estimate of drug-likeness (QED) is 0.768.